The predicted octanol–water partition coefficient (Wildman–Crippen LogP) is 2.51. The van der Waals surface area contributed by atoms with Crippen molar-refractivity contribution >= 4 is 23.5 Å². The Labute approximate surface area is 98.7 Å². The zero-order valence-corrected chi connectivity index (χ0v) is 9.43. The van der Waals surface area contributed by atoms with E-state index >= 15 is 0 Å². The smallest absolute Gasteiger partial charge is 0.129 e. The fraction of sp³-hybridized carbons (Fsp3) is 0.364. The highest BCUT2D eigenvalue weighted by atomic mass is 35.5. The van der Waals surface area contributed by atoms with E-state index in [1.54, 1.807) is 12.3 Å². The molecule has 0 amide bonds. The van der Waals surface area contributed by atoms with Crippen LogP contribution in [0.3, 0.4) is 0 Å². The molecule has 1 aliphatic rings. The minimum Gasteiger partial charge on any atom is -0.411 e. The van der Waals surface area contributed by atoms with Crippen LogP contribution in [0.5, 0.6) is 0 Å². The molecule has 0 saturated heterocycles. The maximum Gasteiger partial charge on any atom is 0.129 e. The van der Waals surface area contributed by atoms with Crippen LogP contribution >= 0.6 is 11.6 Å². The summed E-state index contributed by atoms with van der Waals surface area (Å²) in [6.07, 6.45) is 5.18. The number of hydrogen-bond donors (Lipinski definition) is 1. The molecule has 84 valence electrons. The molecule has 0 radical (unpaired) electrons. The Balaban J connectivity index is 2.28. The van der Waals surface area contributed by atoms with Gasteiger partial charge in [0.15, 0.2) is 0 Å². The highest BCUT2D eigenvalue weighted by Gasteiger charge is 2.20. The summed E-state index contributed by atoms with van der Waals surface area (Å²) in [7, 11) is 0. The van der Waals surface area contributed by atoms with Crippen molar-refractivity contribution in [1.29, 1.82) is 0 Å². The van der Waals surface area contributed by atoms with Gasteiger partial charge in [-0.15, -0.1) is 0 Å². The van der Waals surface area contributed by atoms with Gasteiger partial charge in [-0.3, -0.25) is 4.99 Å². The molecule has 4 nitrogen and oxygen atoms in total. The standard InChI is InChI=1S/C11H12ClN3O/c12-11-4-3-8(6-14-11)9-2-1-5-13-10(9)7-15-16/h3-4,6-7,9,16H,1-2,5H2. The lowest BCUT2D eigenvalue weighted by Crippen LogP contribution is -2.19. The molecule has 16 heavy (non-hydrogen) atoms. The van der Waals surface area contributed by atoms with Crippen molar-refractivity contribution in [3.63, 3.8) is 0 Å². The fourth-order valence-electron chi connectivity index (χ4n) is 1.88. The lowest BCUT2D eigenvalue weighted by molar-refractivity contribution is 0.322. The van der Waals surface area contributed by atoms with Gasteiger partial charge >= 0.3 is 0 Å². The zero-order valence-electron chi connectivity index (χ0n) is 8.67. The zero-order chi connectivity index (χ0) is 11.4. The van der Waals surface area contributed by atoms with Crippen LogP contribution in [-0.4, -0.2) is 28.7 Å². The quantitative estimate of drug-likeness (QED) is 0.372. The predicted molar refractivity (Wildman–Crippen MR) is 63.8 cm³/mol. The summed E-state index contributed by atoms with van der Waals surface area (Å²) >= 11 is 5.74. The minimum atomic E-state index is 0.161. The van der Waals surface area contributed by atoms with E-state index in [0.717, 1.165) is 30.7 Å². The van der Waals surface area contributed by atoms with Gasteiger partial charge in [-0.25, -0.2) is 4.98 Å². The molecule has 5 heteroatoms. The average Bonchev–Trinajstić information content (AvgIpc) is 2.32. The first-order valence-electron chi connectivity index (χ1n) is 5.14. The van der Waals surface area contributed by atoms with E-state index in [4.69, 9.17) is 16.8 Å². The molecule has 0 spiro atoms. The number of aromatic nitrogens is 1. The molecule has 2 heterocycles. The average molecular weight is 238 g/mol. The van der Waals surface area contributed by atoms with Crippen molar-refractivity contribution < 1.29 is 5.21 Å². The summed E-state index contributed by atoms with van der Waals surface area (Å²) in [5.74, 6) is 0.161. The molecule has 0 aliphatic carbocycles. The summed E-state index contributed by atoms with van der Waals surface area (Å²) in [5.41, 5.74) is 1.86. The first-order valence-corrected chi connectivity index (χ1v) is 5.52. The number of aliphatic imine (C=N–C) groups is 1. The Bertz CT molecular complexity index is 414. The van der Waals surface area contributed by atoms with Gasteiger partial charge in [-0.2, -0.15) is 0 Å². The lowest BCUT2D eigenvalue weighted by atomic mass is 9.89. The Morgan fingerprint density at radius 1 is 1.50 bits per heavy atom. The number of rotatable bonds is 2. The van der Waals surface area contributed by atoms with E-state index in [-0.39, 0.29) is 5.92 Å². The third kappa shape index (κ3) is 2.39. The third-order valence-electron chi connectivity index (χ3n) is 2.64. The van der Waals surface area contributed by atoms with Gasteiger partial charge in [0.25, 0.3) is 0 Å². The largest absolute Gasteiger partial charge is 0.411 e. The van der Waals surface area contributed by atoms with E-state index in [1.807, 2.05) is 6.07 Å². The van der Waals surface area contributed by atoms with Gasteiger partial charge in [0, 0.05) is 18.7 Å². The summed E-state index contributed by atoms with van der Waals surface area (Å²) in [6.45, 7) is 0.791. The molecule has 1 aliphatic heterocycles. The molecule has 0 bridgehead atoms. The summed E-state index contributed by atoms with van der Waals surface area (Å²) in [6, 6.07) is 3.70. The van der Waals surface area contributed by atoms with E-state index in [0.29, 0.717) is 5.15 Å². The molecular weight excluding hydrogens is 226 g/mol. The second-order valence-corrected chi connectivity index (χ2v) is 4.05. The third-order valence-corrected chi connectivity index (χ3v) is 2.87. The van der Waals surface area contributed by atoms with Crippen LogP contribution < -0.4 is 0 Å². The molecule has 1 atom stereocenters. The highest BCUT2D eigenvalue weighted by Crippen LogP contribution is 2.26. The normalized spacial score (nSPS) is 21.1. The van der Waals surface area contributed by atoms with Crippen molar-refractivity contribution in [2.75, 3.05) is 6.54 Å². The molecular formula is C11H12ClN3O. The SMILES string of the molecule is ON=CC1=NCCCC1c1ccc(Cl)nc1. The summed E-state index contributed by atoms with van der Waals surface area (Å²) < 4.78 is 0. The number of halogens is 1. The molecule has 1 unspecified atom stereocenters. The van der Waals surface area contributed by atoms with Crippen LogP contribution in [0, 0.1) is 0 Å². The fourth-order valence-corrected chi connectivity index (χ4v) is 1.99. The van der Waals surface area contributed by atoms with Gasteiger partial charge in [-0.05, 0) is 24.5 Å². The van der Waals surface area contributed by atoms with Crippen LogP contribution in [0.25, 0.3) is 0 Å². The summed E-state index contributed by atoms with van der Waals surface area (Å²) in [4.78, 5) is 8.40. The number of nitrogens with zero attached hydrogens (tertiary/aromatic N) is 3. The molecule has 2 rings (SSSR count). The van der Waals surface area contributed by atoms with E-state index in [9.17, 15) is 0 Å². The topological polar surface area (TPSA) is 57.8 Å². The highest BCUT2D eigenvalue weighted by molar-refractivity contribution is 6.33. The van der Waals surface area contributed by atoms with E-state index in [1.165, 1.54) is 6.21 Å². The molecule has 1 N–H and O–H groups in total. The lowest BCUT2D eigenvalue weighted by Gasteiger charge is -2.20. The molecule has 0 saturated carbocycles. The number of hydrogen-bond acceptors (Lipinski definition) is 4. The first kappa shape index (κ1) is 11.1. The molecule has 0 fully saturated rings. The second-order valence-electron chi connectivity index (χ2n) is 3.66. The molecule has 0 aromatic carbocycles. The first-order chi connectivity index (χ1) is 7.81. The van der Waals surface area contributed by atoms with Crippen molar-refractivity contribution in [3.05, 3.63) is 29.0 Å². The Kier molecular flexibility index (Phi) is 3.51. The number of pyridine rings is 1. The van der Waals surface area contributed by atoms with Gasteiger partial charge in [0.05, 0.1) is 11.9 Å². The Morgan fingerprint density at radius 2 is 2.38 bits per heavy atom. The second kappa shape index (κ2) is 5.07. The Hall–Kier alpha value is -1.42. The van der Waals surface area contributed by atoms with Gasteiger partial charge < -0.3 is 5.21 Å². The maximum atomic E-state index is 8.58. The van der Waals surface area contributed by atoms with Gasteiger partial charge in [0.1, 0.15) is 5.15 Å². The van der Waals surface area contributed by atoms with Crippen molar-refractivity contribution in [1.82, 2.24) is 4.98 Å². The van der Waals surface area contributed by atoms with Crippen molar-refractivity contribution in [2.45, 2.75) is 18.8 Å². The van der Waals surface area contributed by atoms with Crippen molar-refractivity contribution in [3.8, 4) is 0 Å². The van der Waals surface area contributed by atoms with Gasteiger partial charge in [-0.1, -0.05) is 22.8 Å². The van der Waals surface area contributed by atoms with E-state index < -0.39 is 0 Å². The summed E-state index contributed by atoms with van der Waals surface area (Å²) in [5, 5.41) is 12.1. The number of oxime groups is 1. The van der Waals surface area contributed by atoms with Crippen LogP contribution in [-0.2, 0) is 0 Å². The van der Waals surface area contributed by atoms with Crippen LogP contribution in [0.1, 0.15) is 24.3 Å². The Morgan fingerprint density at radius 3 is 3.06 bits per heavy atom. The van der Waals surface area contributed by atoms with Crippen LogP contribution in [0.4, 0.5) is 0 Å². The van der Waals surface area contributed by atoms with Crippen LogP contribution in [0.15, 0.2) is 28.5 Å². The van der Waals surface area contributed by atoms with Crippen LogP contribution in [0.2, 0.25) is 5.15 Å². The van der Waals surface area contributed by atoms with Crippen molar-refractivity contribution in [2.24, 2.45) is 10.1 Å². The molecule has 1 aromatic rings. The van der Waals surface area contributed by atoms with Gasteiger partial charge in [0.2, 0.25) is 0 Å². The minimum absolute atomic E-state index is 0.161. The monoisotopic (exact) mass is 237 g/mol. The molecule has 1 aromatic heterocycles. The maximum absolute atomic E-state index is 8.58. The van der Waals surface area contributed by atoms with E-state index in [2.05, 4.69) is 15.1 Å².